The summed E-state index contributed by atoms with van der Waals surface area (Å²) in [5, 5.41) is 3.55. The highest BCUT2D eigenvalue weighted by Gasteiger charge is 2.40. The molecule has 2 fully saturated rings. The molecule has 0 spiro atoms. The van der Waals surface area contributed by atoms with Crippen LogP contribution in [0.1, 0.15) is 65.4 Å². The van der Waals surface area contributed by atoms with Crippen LogP contribution in [-0.4, -0.2) is 57.6 Å². The van der Waals surface area contributed by atoms with Crippen molar-refractivity contribution < 1.29 is 19.0 Å². The zero-order valence-corrected chi connectivity index (χ0v) is 30.3. The van der Waals surface area contributed by atoms with Crippen LogP contribution in [-0.2, 0) is 31.0 Å². The predicted octanol–water partition coefficient (Wildman–Crippen LogP) is 7.30. The summed E-state index contributed by atoms with van der Waals surface area (Å²) in [6.45, 7) is 7.93. The maximum absolute atomic E-state index is 14.0. The molecule has 2 aliphatic rings. The van der Waals surface area contributed by atoms with E-state index in [-0.39, 0.29) is 24.7 Å². The van der Waals surface area contributed by atoms with Gasteiger partial charge in [-0.25, -0.2) is 9.78 Å². The molecule has 1 aromatic heterocycles. The first-order chi connectivity index (χ1) is 26.0. The van der Waals surface area contributed by atoms with Gasteiger partial charge in [0, 0.05) is 42.9 Å². The van der Waals surface area contributed by atoms with E-state index < -0.39 is 0 Å². The smallest absolute Gasteiger partial charge is 0.321 e. The van der Waals surface area contributed by atoms with Crippen LogP contribution in [0.15, 0.2) is 116 Å². The second-order valence-electron chi connectivity index (χ2n) is 13.7. The number of amides is 2. The zero-order valence-electron chi connectivity index (χ0n) is 30.3. The molecule has 9 heteroatoms. The average molecular weight is 708 g/mol. The van der Waals surface area contributed by atoms with Crippen molar-refractivity contribution in [1.29, 1.82) is 0 Å². The van der Waals surface area contributed by atoms with Gasteiger partial charge in [-0.3, -0.25) is 0 Å². The maximum Gasteiger partial charge on any atom is 0.321 e. The Hall–Kier alpha value is -5.69. The van der Waals surface area contributed by atoms with Gasteiger partial charge in [-0.15, -0.1) is 0 Å². The molecule has 0 saturated carbocycles. The Morgan fingerprint density at radius 2 is 1.45 bits per heavy atom. The van der Waals surface area contributed by atoms with Crippen LogP contribution in [0.2, 0.25) is 0 Å². The lowest BCUT2D eigenvalue weighted by atomic mass is 10.0. The molecule has 1 N–H and O–H groups in total. The topological polar surface area (TPSA) is 89.1 Å². The van der Waals surface area contributed by atoms with Gasteiger partial charge in [0.05, 0.1) is 19.2 Å². The predicted molar refractivity (Wildman–Crippen MR) is 204 cm³/mol. The lowest BCUT2D eigenvalue weighted by molar-refractivity contribution is 0.171. The number of hydrogen-bond donors (Lipinski definition) is 1. The van der Waals surface area contributed by atoms with E-state index in [1.165, 1.54) is 11.9 Å². The first-order valence-electron chi connectivity index (χ1n) is 18.3. The SMILES string of the molecule is CC(C)N1C(=O)N(Cc2ncnc(OCc3ccccc3)c2OCc2ccccc2)CC1c1ccc(C#Cc2ccc(CNC3CCOC3)cc2)cc1. The number of aromatic nitrogens is 2. The second kappa shape index (κ2) is 17.2. The molecular weight excluding hydrogens is 663 g/mol. The molecule has 0 bridgehead atoms. The summed E-state index contributed by atoms with van der Waals surface area (Å²) in [6.07, 6.45) is 2.54. The van der Waals surface area contributed by atoms with Gasteiger partial charge in [0.2, 0.25) is 5.75 Å². The van der Waals surface area contributed by atoms with Crippen LogP contribution in [0.4, 0.5) is 4.79 Å². The Morgan fingerprint density at radius 3 is 2.08 bits per heavy atom. The van der Waals surface area contributed by atoms with Crippen molar-refractivity contribution in [3.8, 4) is 23.5 Å². The van der Waals surface area contributed by atoms with E-state index in [9.17, 15) is 4.79 Å². The normalized spacial score (nSPS) is 16.8. The summed E-state index contributed by atoms with van der Waals surface area (Å²) in [7, 11) is 0. The highest BCUT2D eigenvalue weighted by molar-refractivity contribution is 5.78. The molecule has 270 valence electrons. The fourth-order valence-electron chi connectivity index (χ4n) is 6.64. The van der Waals surface area contributed by atoms with Crippen LogP contribution in [0.25, 0.3) is 0 Å². The van der Waals surface area contributed by atoms with Gasteiger partial charge in [-0.1, -0.05) is 96.8 Å². The number of rotatable bonds is 13. The van der Waals surface area contributed by atoms with Gasteiger partial charge in [-0.2, -0.15) is 4.98 Å². The van der Waals surface area contributed by atoms with E-state index in [0.29, 0.717) is 43.1 Å². The van der Waals surface area contributed by atoms with Gasteiger partial charge in [-0.05, 0) is 66.8 Å². The van der Waals surface area contributed by atoms with Crippen LogP contribution in [0.3, 0.4) is 0 Å². The van der Waals surface area contributed by atoms with Gasteiger partial charge >= 0.3 is 6.03 Å². The minimum Gasteiger partial charge on any atom is -0.482 e. The van der Waals surface area contributed by atoms with Gasteiger partial charge in [0.25, 0.3) is 5.88 Å². The summed E-state index contributed by atoms with van der Waals surface area (Å²) >= 11 is 0. The number of nitrogens with zero attached hydrogens (tertiary/aromatic N) is 4. The molecule has 5 aromatic rings. The third-order valence-corrected chi connectivity index (χ3v) is 9.53. The lowest BCUT2D eigenvalue weighted by Crippen LogP contribution is -2.37. The van der Waals surface area contributed by atoms with E-state index in [2.05, 4.69) is 63.5 Å². The first-order valence-corrected chi connectivity index (χ1v) is 18.3. The Labute approximate surface area is 311 Å². The number of urea groups is 1. The third-order valence-electron chi connectivity index (χ3n) is 9.53. The van der Waals surface area contributed by atoms with Crippen LogP contribution < -0.4 is 14.8 Å². The molecule has 0 aliphatic carbocycles. The molecule has 7 rings (SSSR count). The quantitative estimate of drug-likeness (QED) is 0.129. The molecule has 53 heavy (non-hydrogen) atoms. The summed E-state index contributed by atoms with van der Waals surface area (Å²) in [5.41, 5.74) is 6.78. The molecule has 2 aliphatic heterocycles. The third kappa shape index (κ3) is 9.22. The van der Waals surface area contributed by atoms with Gasteiger partial charge in [0.15, 0.2) is 0 Å². The molecule has 2 saturated heterocycles. The Kier molecular flexibility index (Phi) is 11.6. The number of nitrogens with one attached hydrogen (secondary N) is 1. The number of ether oxygens (including phenoxy) is 3. The highest BCUT2D eigenvalue weighted by Crippen LogP contribution is 2.35. The molecular formula is C44H45N5O4. The molecule has 2 amide bonds. The Morgan fingerprint density at radius 1 is 0.811 bits per heavy atom. The van der Waals surface area contributed by atoms with Crippen molar-refractivity contribution in [3.63, 3.8) is 0 Å². The van der Waals surface area contributed by atoms with Crippen LogP contribution in [0, 0.1) is 11.8 Å². The fourth-order valence-corrected chi connectivity index (χ4v) is 6.64. The molecule has 0 radical (unpaired) electrons. The summed E-state index contributed by atoms with van der Waals surface area (Å²) < 4.78 is 18.0. The Bertz CT molecular complexity index is 2010. The van der Waals surface area contributed by atoms with Crippen molar-refractivity contribution in [2.75, 3.05) is 19.8 Å². The first kappa shape index (κ1) is 35.7. The molecule has 2 atom stereocenters. The van der Waals surface area contributed by atoms with Crippen molar-refractivity contribution in [3.05, 3.63) is 155 Å². The van der Waals surface area contributed by atoms with E-state index in [1.54, 1.807) is 0 Å². The molecule has 4 aromatic carbocycles. The van der Waals surface area contributed by atoms with Gasteiger partial charge in [0.1, 0.15) is 25.2 Å². The lowest BCUT2D eigenvalue weighted by Gasteiger charge is -2.27. The van der Waals surface area contributed by atoms with E-state index in [1.807, 2.05) is 96.4 Å². The van der Waals surface area contributed by atoms with Crippen molar-refractivity contribution in [2.24, 2.45) is 0 Å². The zero-order chi connectivity index (χ0) is 36.4. The van der Waals surface area contributed by atoms with E-state index >= 15 is 0 Å². The summed E-state index contributed by atoms with van der Waals surface area (Å²) in [5.74, 6) is 7.38. The Balaban J connectivity index is 1.04. The van der Waals surface area contributed by atoms with E-state index in [4.69, 9.17) is 14.2 Å². The fraction of sp³-hybridized carbons (Fsp3) is 0.295. The second-order valence-corrected chi connectivity index (χ2v) is 13.7. The molecule has 2 unspecified atom stereocenters. The molecule has 3 heterocycles. The maximum atomic E-state index is 14.0. The van der Waals surface area contributed by atoms with Crippen LogP contribution in [0.5, 0.6) is 11.6 Å². The minimum absolute atomic E-state index is 0.00870. The summed E-state index contributed by atoms with van der Waals surface area (Å²) in [4.78, 5) is 26.8. The van der Waals surface area contributed by atoms with E-state index in [0.717, 1.165) is 54.0 Å². The van der Waals surface area contributed by atoms with Crippen molar-refractivity contribution >= 4 is 6.03 Å². The van der Waals surface area contributed by atoms with Gasteiger partial charge < -0.3 is 29.3 Å². The number of carbonyl (C=O) groups excluding carboxylic acids is 1. The monoisotopic (exact) mass is 707 g/mol. The van der Waals surface area contributed by atoms with Crippen LogP contribution >= 0.6 is 0 Å². The number of hydrogen-bond acceptors (Lipinski definition) is 7. The highest BCUT2D eigenvalue weighted by atomic mass is 16.5. The van der Waals surface area contributed by atoms with Crippen molar-refractivity contribution in [2.45, 2.75) is 64.7 Å². The largest absolute Gasteiger partial charge is 0.482 e. The number of carbonyl (C=O) groups is 1. The average Bonchev–Trinajstić information content (AvgIpc) is 3.84. The number of benzene rings is 4. The standard InChI is InChI=1S/C44H45N5O4/c1-32(2)49-41(38-21-19-34(20-22-38)14-13-33-15-17-35(18-16-33)25-45-39-23-24-51-30-39)27-48(44(49)50)26-40-42(52-28-36-9-5-3-6-10-36)43(47-31-46-40)53-29-37-11-7-4-8-12-37/h3-12,15-22,31-32,39,41,45H,23-30H2,1-2H3. The van der Waals surface area contributed by atoms with Crippen molar-refractivity contribution in [1.82, 2.24) is 25.1 Å². The minimum atomic E-state index is -0.134. The summed E-state index contributed by atoms with van der Waals surface area (Å²) in [6, 6.07) is 36.7. The molecule has 9 nitrogen and oxygen atoms in total.